The minimum Gasteiger partial charge on any atom is -0.351 e. The molecule has 1 amide bonds. The van der Waals surface area contributed by atoms with E-state index in [1.165, 1.54) is 4.57 Å². The monoisotopic (exact) mass is 440 g/mol. The minimum absolute atomic E-state index is 0.211. The number of pyridine rings is 2. The van der Waals surface area contributed by atoms with Crippen LogP contribution in [-0.4, -0.2) is 36.5 Å². The van der Waals surface area contributed by atoms with E-state index < -0.39 is 0 Å². The Labute approximate surface area is 189 Å². The maximum atomic E-state index is 12.9. The molecular weight excluding hydrogens is 416 g/mol. The second-order valence-electron chi connectivity index (χ2n) is 8.15. The molecule has 2 N–H and O–H groups in total. The predicted octanol–water partition coefficient (Wildman–Crippen LogP) is 3.63. The van der Waals surface area contributed by atoms with Gasteiger partial charge in [-0.3, -0.25) is 14.2 Å². The molecule has 5 aromatic rings. The molecule has 0 spiro atoms. The van der Waals surface area contributed by atoms with Crippen molar-refractivity contribution in [3.63, 3.8) is 0 Å². The topological polar surface area (TPSA) is 97.6 Å². The number of nitrogens with one attached hydrogen (secondary N) is 2. The summed E-state index contributed by atoms with van der Waals surface area (Å²) in [5.74, 6) is 0.398. The van der Waals surface area contributed by atoms with Crippen LogP contribution in [0.5, 0.6) is 0 Å². The Hall–Kier alpha value is -4.20. The summed E-state index contributed by atoms with van der Waals surface area (Å²) in [6.45, 7) is 6.47. The highest BCUT2D eigenvalue weighted by molar-refractivity contribution is 6.02. The number of nitrogens with zero attached hydrogens (tertiary/aromatic N) is 4. The summed E-state index contributed by atoms with van der Waals surface area (Å²) in [6, 6.07) is 11.8. The van der Waals surface area contributed by atoms with Gasteiger partial charge in [-0.15, -0.1) is 0 Å². The van der Waals surface area contributed by atoms with E-state index in [0.717, 1.165) is 27.9 Å². The highest BCUT2D eigenvalue weighted by atomic mass is 16.2. The van der Waals surface area contributed by atoms with E-state index in [-0.39, 0.29) is 11.5 Å². The van der Waals surface area contributed by atoms with Crippen molar-refractivity contribution in [3.05, 3.63) is 76.0 Å². The number of H-pyrrole nitrogens is 1. The number of aryl methyl sites for hydroxylation is 3. The number of aromatic nitrogens is 5. The van der Waals surface area contributed by atoms with Crippen LogP contribution in [0.25, 0.3) is 39.1 Å². The van der Waals surface area contributed by atoms with Crippen molar-refractivity contribution in [1.29, 1.82) is 0 Å². The molecule has 0 fully saturated rings. The Balaban J connectivity index is 1.89. The van der Waals surface area contributed by atoms with E-state index in [0.29, 0.717) is 34.6 Å². The van der Waals surface area contributed by atoms with Crippen molar-refractivity contribution in [3.8, 4) is 17.1 Å². The molecule has 166 valence electrons. The van der Waals surface area contributed by atoms with Crippen molar-refractivity contribution in [2.75, 3.05) is 6.54 Å². The van der Waals surface area contributed by atoms with Gasteiger partial charge in [0.2, 0.25) is 0 Å². The van der Waals surface area contributed by atoms with Crippen LogP contribution in [0, 0.1) is 13.8 Å². The molecule has 0 aliphatic rings. The fraction of sp³-hybridized carbons (Fsp3) is 0.200. The molecule has 0 saturated heterocycles. The molecular formula is C25H24N6O2. The molecule has 0 bridgehead atoms. The molecule has 8 nitrogen and oxygen atoms in total. The molecule has 4 heterocycles. The van der Waals surface area contributed by atoms with Gasteiger partial charge >= 0.3 is 0 Å². The zero-order valence-electron chi connectivity index (χ0n) is 18.9. The van der Waals surface area contributed by atoms with Gasteiger partial charge in [-0.05, 0) is 50.1 Å². The molecule has 0 radical (unpaired) electrons. The molecule has 1 aromatic carbocycles. The second kappa shape index (κ2) is 7.74. The molecule has 33 heavy (non-hydrogen) atoms. The second-order valence-corrected chi connectivity index (χ2v) is 8.15. The number of para-hydroxylation sites is 1. The zero-order chi connectivity index (χ0) is 23.3. The third kappa shape index (κ3) is 3.22. The molecule has 0 aliphatic carbocycles. The molecule has 0 saturated carbocycles. The van der Waals surface area contributed by atoms with Gasteiger partial charge in [0.05, 0.1) is 11.2 Å². The van der Waals surface area contributed by atoms with Gasteiger partial charge in [0.25, 0.3) is 11.5 Å². The normalized spacial score (nSPS) is 11.4. The van der Waals surface area contributed by atoms with Crippen molar-refractivity contribution >= 4 is 28.0 Å². The Bertz CT molecular complexity index is 1580. The number of hydrogen-bond donors (Lipinski definition) is 2. The lowest BCUT2D eigenvalue weighted by molar-refractivity contribution is 0.0951. The molecule has 5 rings (SSSR count). The number of carbonyl (C=O) groups is 1. The van der Waals surface area contributed by atoms with Gasteiger partial charge in [-0.2, -0.15) is 0 Å². The molecule has 8 heteroatoms. The average molecular weight is 441 g/mol. The first-order valence-corrected chi connectivity index (χ1v) is 10.8. The molecule has 0 aliphatic heterocycles. The van der Waals surface area contributed by atoms with Crippen LogP contribution in [0.1, 0.15) is 28.5 Å². The number of imidazole rings is 1. The fourth-order valence-corrected chi connectivity index (χ4v) is 4.37. The van der Waals surface area contributed by atoms with Gasteiger partial charge in [0.1, 0.15) is 17.0 Å². The van der Waals surface area contributed by atoms with Crippen molar-refractivity contribution in [2.24, 2.45) is 7.05 Å². The first kappa shape index (κ1) is 20.7. The van der Waals surface area contributed by atoms with Crippen LogP contribution in [0.2, 0.25) is 0 Å². The van der Waals surface area contributed by atoms with Gasteiger partial charge in [-0.25, -0.2) is 9.97 Å². The van der Waals surface area contributed by atoms with Crippen LogP contribution in [0.4, 0.5) is 0 Å². The zero-order valence-corrected chi connectivity index (χ0v) is 18.9. The number of rotatable bonds is 4. The average Bonchev–Trinajstić information content (AvgIpc) is 3.40. The third-order valence-electron chi connectivity index (χ3n) is 5.88. The smallest absolute Gasteiger partial charge is 0.274 e. The van der Waals surface area contributed by atoms with E-state index >= 15 is 0 Å². The van der Waals surface area contributed by atoms with Gasteiger partial charge in [0, 0.05) is 36.9 Å². The van der Waals surface area contributed by atoms with Crippen LogP contribution in [-0.2, 0) is 7.05 Å². The van der Waals surface area contributed by atoms with Crippen LogP contribution in [0.3, 0.4) is 0 Å². The standard InChI is InChI=1S/C25H24N6O2/c1-5-26-24(32)18-12-16-17(13-30(4)25(33)20(16)28-18)23-29-22-19(10-7-11-27-22)31(23)21-14(2)8-6-9-15(21)3/h6-13,28H,5H2,1-4H3,(H,26,32). The molecule has 4 aromatic heterocycles. The van der Waals surface area contributed by atoms with E-state index in [1.807, 2.05) is 25.1 Å². The number of hydrogen-bond acceptors (Lipinski definition) is 4. The summed E-state index contributed by atoms with van der Waals surface area (Å²) in [5, 5.41) is 3.42. The summed E-state index contributed by atoms with van der Waals surface area (Å²) in [7, 11) is 1.70. The first-order chi connectivity index (χ1) is 15.9. The van der Waals surface area contributed by atoms with Crippen molar-refractivity contribution in [1.82, 2.24) is 29.4 Å². The number of carbonyl (C=O) groups excluding carboxylic acids is 1. The van der Waals surface area contributed by atoms with Crippen LogP contribution < -0.4 is 10.9 Å². The van der Waals surface area contributed by atoms with E-state index in [1.54, 1.807) is 25.5 Å². The highest BCUT2D eigenvalue weighted by Crippen LogP contribution is 2.34. The third-order valence-corrected chi connectivity index (χ3v) is 5.88. The highest BCUT2D eigenvalue weighted by Gasteiger charge is 2.22. The quantitative estimate of drug-likeness (QED) is 0.446. The van der Waals surface area contributed by atoms with E-state index in [2.05, 4.69) is 45.8 Å². The Morgan fingerprint density at radius 3 is 2.64 bits per heavy atom. The first-order valence-electron chi connectivity index (χ1n) is 10.8. The summed E-state index contributed by atoms with van der Waals surface area (Å²) in [5.41, 5.74) is 5.91. The maximum Gasteiger partial charge on any atom is 0.274 e. The number of amides is 1. The van der Waals surface area contributed by atoms with Crippen LogP contribution in [0.15, 0.2) is 53.6 Å². The van der Waals surface area contributed by atoms with Gasteiger partial charge in [-0.1, -0.05) is 18.2 Å². The predicted molar refractivity (Wildman–Crippen MR) is 129 cm³/mol. The lowest BCUT2D eigenvalue weighted by Crippen LogP contribution is -2.23. The lowest BCUT2D eigenvalue weighted by Gasteiger charge is -2.16. The minimum atomic E-state index is -0.258. The summed E-state index contributed by atoms with van der Waals surface area (Å²) >= 11 is 0. The Kier molecular flexibility index (Phi) is 4.85. The molecule has 0 atom stereocenters. The number of benzene rings is 1. The van der Waals surface area contributed by atoms with Crippen molar-refractivity contribution in [2.45, 2.75) is 20.8 Å². The summed E-state index contributed by atoms with van der Waals surface area (Å²) in [6.07, 6.45) is 3.49. The van der Waals surface area contributed by atoms with Crippen molar-refractivity contribution < 1.29 is 4.79 Å². The van der Waals surface area contributed by atoms with E-state index in [9.17, 15) is 9.59 Å². The Morgan fingerprint density at radius 2 is 1.91 bits per heavy atom. The lowest BCUT2D eigenvalue weighted by atomic mass is 10.1. The Morgan fingerprint density at radius 1 is 1.15 bits per heavy atom. The SMILES string of the molecule is CCNC(=O)c1cc2c(-c3nc4ncccc4n3-c3c(C)cccc3C)cn(C)c(=O)c2[nH]1. The number of fused-ring (bicyclic) bond motifs is 2. The van der Waals surface area contributed by atoms with Gasteiger partial charge < -0.3 is 14.9 Å². The molecule has 0 unspecified atom stereocenters. The summed E-state index contributed by atoms with van der Waals surface area (Å²) < 4.78 is 3.60. The van der Waals surface area contributed by atoms with E-state index in [4.69, 9.17) is 4.98 Å². The fourth-order valence-electron chi connectivity index (χ4n) is 4.37. The van der Waals surface area contributed by atoms with Crippen LogP contribution >= 0.6 is 0 Å². The number of aromatic amines is 1. The largest absolute Gasteiger partial charge is 0.351 e. The maximum absolute atomic E-state index is 12.9. The summed E-state index contributed by atoms with van der Waals surface area (Å²) in [4.78, 5) is 37.8. The van der Waals surface area contributed by atoms with Gasteiger partial charge in [0.15, 0.2) is 5.65 Å².